The summed E-state index contributed by atoms with van der Waals surface area (Å²) in [4.78, 5) is 16.3. The Morgan fingerprint density at radius 3 is 3.14 bits per heavy atom. The summed E-state index contributed by atoms with van der Waals surface area (Å²) in [5, 5.41) is 6.16. The number of aryl methyl sites for hydroxylation is 1. The molecule has 0 fully saturated rings. The number of benzene rings is 1. The van der Waals surface area contributed by atoms with Gasteiger partial charge in [0.25, 0.3) is 5.91 Å². The molecule has 0 saturated heterocycles. The van der Waals surface area contributed by atoms with Gasteiger partial charge in [-0.1, -0.05) is 13.0 Å². The minimum absolute atomic E-state index is 0.0976. The van der Waals surface area contributed by atoms with Crippen molar-refractivity contribution in [3.8, 4) is 0 Å². The Labute approximate surface area is 123 Å². The molecule has 1 aliphatic rings. The fraction of sp³-hybridized carbons (Fsp3) is 0.375. The standard InChI is InChI=1S/C16H19N3O2/c1-2-14-9-18-15(21-14)10-19-16(20)12-4-3-11-5-6-17-8-13(11)7-12/h3-4,7,9,17H,2,5-6,8,10H2,1H3,(H,19,20). The van der Waals surface area contributed by atoms with E-state index in [1.165, 1.54) is 11.1 Å². The molecule has 5 heteroatoms. The van der Waals surface area contributed by atoms with Crippen molar-refractivity contribution in [2.75, 3.05) is 6.54 Å². The summed E-state index contributed by atoms with van der Waals surface area (Å²) in [6, 6.07) is 5.89. The molecule has 1 aromatic heterocycles. The van der Waals surface area contributed by atoms with E-state index in [2.05, 4.69) is 15.6 Å². The van der Waals surface area contributed by atoms with Gasteiger partial charge in [0, 0.05) is 18.5 Å². The monoisotopic (exact) mass is 285 g/mol. The van der Waals surface area contributed by atoms with Gasteiger partial charge in [0.1, 0.15) is 5.76 Å². The molecule has 1 aromatic carbocycles. The predicted molar refractivity (Wildman–Crippen MR) is 78.9 cm³/mol. The molecule has 21 heavy (non-hydrogen) atoms. The van der Waals surface area contributed by atoms with Crippen LogP contribution in [-0.2, 0) is 25.9 Å². The van der Waals surface area contributed by atoms with E-state index in [1.54, 1.807) is 6.20 Å². The first-order valence-electron chi connectivity index (χ1n) is 7.30. The summed E-state index contributed by atoms with van der Waals surface area (Å²) in [6.45, 7) is 4.15. The van der Waals surface area contributed by atoms with Gasteiger partial charge in [-0.3, -0.25) is 4.79 Å². The third kappa shape index (κ3) is 3.13. The number of amides is 1. The molecule has 2 aromatic rings. The highest BCUT2D eigenvalue weighted by atomic mass is 16.4. The Hall–Kier alpha value is -2.14. The average molecular weight is 285 g/mol. The van der Waals surface area contributed by atoms with Gasteiger partial charge in [0.15, 0.2) is 0 Å². The Kier molecular flexibility index (Phi) is 4.01. The van der Waals surface area contributed by atoms with Crippen molar-refractivity contribution < 1.29 is 9.21 Å². The highest BCUT2D eigenvalue weighted by molar-refractivity contribution is 5.94. The fourth-order valence-corrected chi connectivity index (χ4v) is 2.47. The first kappa shape index (κ1) is 13.8. The second-order valence-corrected chi connectivity index (χ2v) is 5.17. The van der Waals surface area contributed by atoms with Crippen LogP contribution in [0.2, 0.25) is 0 Å². The van der Waals surface area contributed by atoms with E-state index in [4.69, 9.17) is 4.42 Å². The molecule has 0 atom stereocenters. The summed E-state index contributed by atoms with van der Waals surface area (Å²) in [6.07, 6.45) is 3.53. The highest BCUT2D eigenvalue weighted by Gasteiger charge is 2.13. The van der Waals surface area contributed by atoms with Gasteiger partial charge in [0.05, 0.1) is 12.7 Å². The van der Waals surface area contributed by atoms with E-state index in [9.17, 15) is 4.79 Å². The molecule has 0 spiro atoms. The zero-order valence-corrected chi connectivity index (χ0v) is 12.1. The van der Waals surface area contributed by atoms with E-state index >= 15 is 0 Å². The minimum atomic E-state index is -0.0976. The smallest absolute Gasteiger partial charge is 0.251 e. The molecule has 110 valence electrons. The van der Waals surface area contributed by atoms with Gasteiger partial charge >= 0.3 is 0 Å². The normalized spacial score (nSPS) is 13.8. The van der Waals surface area contributed by atoms with E-state index < -0.39 is 0 Å². The predicted octanol–water partition coefficient (Wildman–Crippen LogP) is 1.81. The van der Waals surface area contributed by atoms with E-state index in [1.807, 2.05) is 25.1 Å². The number of rotatable bonds is 4. The second kappa shape index (κ2) is 6.10. The van der Waals surface area contributed by atoms with Crippen molar-refractivity contribution in [3.05, 3.63) is 52.7 Å². The number of nitrogens with one attached hydrogen (secondary N) is 2. The largest absolute Gasteiger partial charge is 0.444 e. The molecule has 0 radical (unpaired) electrons. The van der Waals surface area contributed by atoms with Gasteiger partial charge in [-0.2, -0.15) is 0 Å². The summed E-state index contributed by atoms with van der Waals surface area (Å²) < 4.78 is 5.47. The summed E-state index contributed by atoms with van der Waals surface area (Å²) in [7, 11) is 0. The third-order valence-corrected chi connectivity index (χ3v) is 3.71. The molecule has 1 aliphatic heterocycles. The van der Waals surface area contributed by atoms with Crippen LogP contribution in [0.15, 0.2) is 28.8 Å². The van der Waals surface area contributed by atoms with Crippen LogP contribution >= 0.6 is 0 Å². The SMILES string of the molecule is CCc1cnc(CNC(=O)c2ccc3c(c2)CNCC3)o1. The number of nitrogens with zero attached hydrogens (tertiary/aromatic N) is 1. The quantitative estimate of drug-likeness (QED) is 0.899. The third-order valence-electron chi connectivity index (χ3n) is 3.71. The first-order valence-corrected chi connectivity index (χ1v) is 7.30. The van der Waals surface area contributed by atoms with Gasteiger partial charge in [0.2, 0.25) is 5.89 Å². The second-order valence-electron chi connectivity index (χ2n) is 5.17. The zero-order chi connectivity index (χ0) is 14.7. The minimum Gasteiger partial charge on any atom is -0.444 e. The van der Waals surface area contributed by atoms with Gasteiger partial charge < -0.3 is 15.1 Å². The molecule has 0 bridgehead atoms. The van der Waals surface area contributed by atoms with Gasteiger partial charge in [-0.25, -0.2) is 4.98 Å². The summed E-state index contributed by atoms with van der Waals surface area (Å²) in [5.74, 6) is 1.28. The molecule has 0 unspecified atom stereocenters. The Morgan fingerprint density at radius 1 is 1.43 bits per heavy atom. The number of hydrogen-bond donors (Lipinski definition) is 2. The lowest BCUT2D eigenvalue weighted by atomic mass is 9.98. The van der Waals surface area contributed by atoms with E-state index in [-0.39, 0.29) is 5.91 Å². The highest BCUT2D eigenvalue weighted by Crippen LogP contribution is 2.16. The maximum Gasteiger partial charge on any atom is 0.251 e. The van der Waals surface area contributed by atoms with Crippen LogP contribution in [0, 0.1) is 0 Å². The lowest BCUT2D eigenvalue weighted by molar-refractivity contribution is 0.0947. The molecular weight excluding hydrogens is 266 g/mol. The van der Waals surface area contributed by atoms with Crippen molar-refractivity contribution in [1.82, 2.24) is 15.6 Å². The number of oxazole rings is 1. The van der Waals surface area contributed by atoms with E-state index in [0.717, 1.165) is 31.7 Å². The van der Waals surface area contributed by atoms with Crippen LogP contribution in [0.4, 0.5) is 0 Å². The van der Waals surface area contributed by atoms with Crippen molar-refractivity contribution >= 4 is 5.91 Å². The van der Waals surface area contributed by atoms with Gasteiger partial charge in [-0.15, -0.1) is 0 Å². The van der Waals surface area contributed by atoms with Crippen molar-refractivity contribution in [2.45, 2.75) is 32.9 Å². The van der Waals surface area contributed by atoms with Crippen molar-refractivity contribution in [1.29, 1.82) is 0 Å². The molecule has 2 N–H and O–H groups in total. The molecule has 5 nitrogen and oxygen atoms in total. The van der Waals surface area contributed by atoms with E-state index in [0.29, 0.717) is 18.0 Å². The maximum atomic E-state index is 12.2. The van der Waals surface area contributed by atoms with Crippen molar-refractivity contribution in [3.63, 3.8) is 0 Å². The Balaban J connectivity index is 1.65. The first-order chi connectivity index (χ1) is 10.3. The average Bonchev–Trinajstić information content (AvgIpc) is 3.00. The number of aromatic nitrogens is 1. The Morgan fingerprint density at radius 2 is 2.33 bits per heavy atom. The Bertz CT molecular complexity index is 649. The number of carbonyl (C=O) groups excluding carboxylic acids is 1. The fourth-order valence-electron chi connectivity index (χ4n) is 2.47. The topological polar surface area (TPSA) is 67.2 Å². The lowest BCUT2D eigenvalue weighted by Crippen LogP contribution is -2.26. The number of carbonyl (C=O) groups is 1. The van der Waals surface area contributed by atoms with Crippen LogP contribution < -0.4 is 10.6 Å². The zero-order valence-electron chi connectivity index (χ0n) is 12.1. The molecule has 0 aliphatic carbocycles. The van der Waals surface area contributed by atoms with Crippen LogP contribution in [0.3, 0.4) is 0 Å². The van der Waals surface area contributed by atoms with Crippen LogP contribution in [-0.4, -0.2) is 17.4 Å². The lowest BCUT2D eigenvalue weighted by Gasteiger charge is -2.17. The summed E-state index contributed by atoms with van der Waals surface area (Å²) >= 11 is 0. The molecule has 2 heterocycles. The molecule has 0 saturated carbocycles. The molecular formula is C16H19N3O2. The molecule has 3 rings (SSSR count). The molecule has 1 amide bonds. The van der Waals surface area contributed by atoms with Crippen LogP contribution in [0.25, 0.3) is 0 Å². The number of fused-ring (bicyclic) bond motifs is 1. The van der Waals surface area contributed by atoms with Gasteiger partial charge in [-0.05, 0) is 36.2 Å². The van der Waals surface area contributed by atoms with Crippen LogP contribution in [0.5, 0.6) is 0 Å². The number of hydrogen-bond acceptors (Lipinski definition) is 4. The maximum absolute atomic E-state index is 12.2. The van der Waals surface area contributed by atoms with Crippen molar-refractivity contribution in [2.24, 2.45) is 0 Å². The summed E-state index contributed by atoms with van der Waals surface area (Å²) in [5.41, 5.74) is 3.21. The van der Waals surface area contributed by atoms with Crippen LogP contribution in [0.1, 0.15) is 40.1 Å².